The van der Waals surface area contributed by atoms with Gasteiger partial charge in [0.25, 0.3) is 0 Å². The number of rotatable bonds is 9. The lowest BCUT2D eigenvalue weighted by Crippen LogP contribution is -2.37. The fraction of sp³-hybridized carbons (Fsp3) is 0.375. The van der Waals surface area contributed by atoms with Crippen molar-refractivity contribution in [3.8, 4) is 0 Å². The van der Waals surface area contributed by atoms with Crippen molar-refractivity contribution in [1.82, 2.24) is 10.0 Å². The Morgan fingerprint density at radius 1 is 1.14 bits per heavy atom. The highest BCUT2D eigenvalue weighted by Crippen LogP contribution is 2.22. The van der Waals surface area contributed by atoms with Gasteiger partial charge in [-0.3, -0.25) is 4.72 Å². The molecule has 21 heavy (non-hydrogen) atoms. The Morgan fingerprint density at radius 3 is 2.71 bits per heavy atom. The Balaban J connectivity index is 1.91. The lowest BCUT2D eigenvalue weighted by molar-refractivity contribution is 0.271. The zero-order chi connectivity index (χ0) is 14.9. The van der Waals surface area contributed by atoms with Crippen molar-refractivity contribution in [2.24, 2.45) is 5.73 Å². The highest BCUT2D eigenvalue weighted by Gasteiger charge is 2.08. The van der Waals surface area contributed by atoms with Gasteiger partial charge >= 0.3 is 0 Å². The van der Waals surface area contributed by atoms with E-state index in [0.29, 0.717) is 6.54 Å². The van der Waals surface area contributed by atoms with Crippen LogP contribution >= 0.6 is 11.9 Å². The number of aliphatic hydroxyl groups excluding tert-OH is 1. The number of hydrogen-bond acceptors (Lipinski definition) is 5. The Bertz CT molecular complexity index is 550. The van der Waals surface area contributed by atoms with E-state index < -0.39 is 0 Å². The Kier molecular flexibility index (Phi) is 6.99. The van der Waals surface area contributed by atoms with Crippen molar-refractivity contribution in [3.05, 3.63) is 42.5 Å². The molecule has 4 nitrogen and oxygen atoms in total. The van der Waals surface area contributed by atoms with Crippen LogP contribution in [0, 0.1) is 0 Å². The van der Waals surface area contributed by atoms with Gasteiger partial charge in [-0.1, -0.05) is 30.3 Å². The van der Waals surface area contributed by atoms with Gasteiger partial charge < -0.3 is 16.2 Å². The van der Waals surface area contributed by atoms with E-state index in [2.05, 4.69) is 46.4 Å². The summed E-state index contributed by atoms with van der Waals surface area (Å²) in [6.07, 6.45) is 0.720. The fourth-order valence-corrected chi connectivity index (χ4v) is 2.95. The second-order valence-electron chi connectivity index (χ2n) is 4.93. The summed E-state index contributed by atoms with van der Waals surface area (Å²) in [5.41, 5.74) is 5.47. The van der Waals surface area contributed by atoms with Crippen molar-refractivity contribution >= 4 is 22.7 Å². The molecule has 5 N–H and O–H groups in total. The summed E-state index contributed by atoms with van der Waals surface area (Å²) in [7, 11) is 0. The van der Waals surface area contributed by atoms with Crippen LogP contribution in [0.15, 0.2) is 47.4 Å². The molecule has 0 bridgehead atoms. The van der Waals surface area contributed by atoms with E-state index in [1.807, 2.05) is 6.07 Å². The van der Waals surface area contributed by atoms with Gasteiger partial charge in [0.1, 0.15) is 0 Å². The predicted octanol–water partition coefficient (Wildman–Crippen LogP) is 1.74. The molecule has 1 atom stereocenters. The SMILES string of the molecule is NCCNCC(CCO)NSc1ccc2ccccc2c1. The summed E-state index contributed by atoms with van der Waals surface area (Å²) in [6, 6.07) is 15.0. The average Bonchev–Trinajstić information content (AvgIpc) is 2.52. The number of fused-ring (bicyclic) bond motifs is 1. The van der Waals surface area contributed by atoms with Crippen LogP contribution in [-0.4, -0.2) is 37.4 Å². The molecule has 114 valence electrons. The minimum atomic E-state index is 0.181. The first-order valence-corrected chi connectivity index (χ1v) is 8.08. The average molecular weight is 305 g/mol. The van der Waals surface area contributed by atoms with Crippen LogP contribution in [0.2, 0.25) is 0 Å². The van der Waals surface area contributed by atoms with Crippen LogP contribution in [0.5, 0.6) is 0 Å². The largest absolute Gasteiger partial charge is 0.396 e. The van der Waals surface area contributed by atoms with E-state index in [4.69, 9.17) is 10.8 Å². The third-order valence-corrected chi connectivity index (χ3v) is 4.19. The third-order valence-electron chi connectivity index (χ3n) is 3.25. The van der Waals surface area contributed by atoms with E-state index in [1.165, 1.54) is 15.7 Å². The summed E-state index contributed by atoms with van der Waals surface area (Å²) in [5, 5.41) is 14.9. The second-order valence-corrected chi connectivity index (χ2v) is 5.84. The quantitative estimate of drug-likeness (QED) is 0.420. The minimum absolute atomic E-state index is 0.181. The molecule has 0 spiro atoms. The van der Waals surface area contributed by atoms with Gasteiger partial charge in [-0.25, -0.2) is 0 Å². The molecular weight excluding hydrogens is 282 g/mol. The normalized spacial score (nSPS) is 12.7. The highest BCUT2D eigenvalue weighted by atomic mass is 32.2. The standard InChI is InChI=1S/C16H23N3OS/c17-8-9-18-12-15(7-10-20)19-21-16-6-5-13-3-1-2-4-14(13)11-16/h1-6,11,15,18-20H,7-10,12,17H2. The third kappa shape index (κ3) is 5.30. The molecule has 2 aromatic carbocycles. The first-order valence-electron chi connectivity index (χ1n) is 7.26. The van der Waals surface area contributed by atoms with E-state index in [-0.39, 0.29) is 12.6 Å². The molecule has 0 aliphatic heterocycles. The maximum atomic E-state index is 9.13. The molecule has 0 radical (unpaired) electrons. The van der Waals surface area contributed by atoms with Crippen LogP contribution in [0.25, 0.3) is 10.8 Å². The van der Waals surface area contributed by atoms with Crippen LogP contribution < -0.4 is 15.8 Å². The lowest BCUT2D eigenvalue weighted by Gasteiger charge is -2.17. The maximum Gasteiger partial charge on any atom is 0.0446 e. The van der Waals surface area contributed by atoms with E-state index in [1.54, 1.807) is 11.9 Å². The zero-order valence-corrected chi connectivity index (χ0v) is 12.9. The second kappa shape index (κ2) is 9.02. The van der Waals surface area contributed by atoms with Crippen molar-refractivity contribution in [1.29, 1.82) is 0 Å². The Labute approximate surface area is 130 Å². The van der Waals surface area contributed by atoms with E-state index in [9.17, 15) is 0 Å². The summed E-state index contributed by atoms with van der Waals surface area (Å²) < 4.78 is 3.41. The molecule has 0 heterocycles. The van der Waals surface area contributed by atoms with Gasteiger partial charge in [-0.15, -0.1) is 0 Å². The minimum Gasteiger partial charge on any atom is -0.396 e. The van der Waals surface area contributed by atoms with Crippen molar-refractivity contribution in [2.45, 2.75) is 17.4 Å². The number of nitrogens with one attached hydrogen (secondary N) is 2. The first kappa shape index (κ1) is 16.3. The topological polar surface area (TPSA) is 70.3 Å². The van der Waals surface area contributed by atoms with Crippen molar-refractivity contribution in [3.63, 3.8) is 0 Å². The van der Waals surface area contributed by atoms with Crippen LogP contribution in [0.1, 0.15) is 6.42 Å². The molecule has 2 rings (SSSR count). The summed E-state index contributed by atoms with van der Waals surface area (Å²) in [6.45, 7) is 2.41. The van der Waals surface area contributed by atoms with Crippen LogP contribution in [0.4, 0.5) is 0 Å². The molecular formula is C16H23N3OS. The van der Waals surface area contributed by atoms with Crippen molar-refractivity contribution < 1.29 is 5.11 Å². The molecule has 5 heteroatoms. The van der Waals surface area contributed by atoms with Gasteiger partial charge in [0.2, 0.25) is 0 Å². The summed E-state index contributed by atoms with van der Waals surface area (Å²) in [4.78, 5) is 1.18. The monoisotopic (exact) mass is 305 g/mol. The number of hydrogen-bond donors (Lipinski definition) is 4. The van der Waals surface area contributed by atoms with E-state index in [0.717, 1.165) is 19.5 Å². The molecule has 0 aliphatic rings. The molecule has 0 saturated heterocycles. The predicted molar refractivity (Wildman–Crippen MR) is 90.4 cm³/mol. The molecule has 2 aromatic rings. The molecule has 1 unspecified atom stereocenters. The van der Waals surface area contributed by atoms with Crippen molar-refractivity contribution in [2.75, 3.05) is 26.2 Å². The first-order chi connectivity index (χ1) is 10.3. The Hall–Kier alpha value is -1.11. The van der Waals surface area contributed by atoms with E-state index >= 15 is 0 Å². The van der Waals surface area contributed by atoms with Crippen LogP contribution in [0.3, 0.4) is 0 Å². The van der Waals surface area contributed by atoms with Gasteiger partial charge in [-0.05, 0) is 41.3 Å². The zero-order valence-electron chi connectivity index (χ0n) is 12.1. The van der Waals surface area contributed by atoms with Gasteiger partial charge in [0.05, 0.1) is 0 Å². The highest BCUT2D eigenvalue weighted by molar-refractivity contribution is 7.97. The van der Waals surface area contributed by atoms with Crippen LogP contribution in [-0.2, 0) is 0 Å². The number of benzene rings is 2. The maximum absolute atomic E-state index is 9.13. The Morgan fingerprint density at radius 2 is 1.95 bits per heavy atom. The molecule has 0 saturated carbocycles. The van der Waals surface area contributed by atoms with Gasteiger partial charge in [-0.2, -0.15) is 0 Å². The number of nitrogens with two attached hydrogens (primary N) is 1. The number of aliphatic hydroxyl groups is 1. The summed E-state index contributed by atoms with van der Waals surface area (Å²) >= 11 is 1.61. The molecule has 0 amide bonds. The molecule has 0 fully saturated rings. The molecule has 0 aliphatic carbocycles. The fourth-order valence-electron chi connectivity index (χ4n) is 2.12. The van der Waals surface area contributed by atoms with Gasteiger partial charge in [0, 0.05) is 37.2 Å². The van der Waals surface area contributed by atoms with Gasteiger partial charge in [0.15, 0.2) is 0 Å². The molecule has 0 aromatic heterocycles. The smallest absolute Gasteiger partial charge is 0.0446 e. The summed E-state index contributed by atoms with van der Waals surface area (Å²) in [5.74, 6) is 0. The lowest BCUT2D eigenvalue weighted by atomic mass is 10.1.